The molecule has 7 heteroatoms. The van der Waals surface area contributed by atoms with Crippen LogP contribution in [-0.4, -0.2) is 18.2 Å². The molecule has 0 heterocycles. The Bertz CT molecular complexity index is 448. The fraction of sp³-hybridized carbons (Fsp3) is 0.500. The smallest absolute Gasteiger partial charge is 0.288 e. The number of amides is 1. The van der Waals surface area contributed by atoms with Crippen LogP contribution in [0.15, 0.2) is 29.2 Å². The molecule has 0 saturated carbocycles. The monoisotopic (exact) mass is 338 g/mol. The molecule has 0 spiro atoms. The van der Waals surface area contributed by atoms with Crippen molar-refractivity contribution in [2.45, 2.75) is 37.3 Å². The quantitative estimate of drug-likeness (QED) is 0.735. The maximum absolute atomic E-state index is 12.3. The lowest BCUT2D eigenvalue weighted by molar-refractivity contribution is -0.125. The Morgan fingerprint density at radius 2 is 2.00 bits per heavy atom. The minimum Gasteiger partial charge on any atom is -0.329 e. The Balaban J connectivity index is 0.00000400. The van der Waals surface area contributed by atoms with Crippen LogP contribution < -0.4 is 11.1 Å². The fourth-order valence-corrected chi connectivity index (χ4v) is 2.52. The lowest BCUT2D eigenvalue weighted by Crippen LogP contribution is -2.41. The van der Waals surface area contributed by atoms with E-state index in [1.54, 1.807) is 24.3 Å². The molecule has 1 amide bonds. The Morgan fingerprint density at radius 1 is 1.38 bits per heavy atom. The van der Waals surface area contributed by atoms with E-state index in [1.807, 2.05) is 13.8 Å². The Hall–Kier alpha value is -0.850. The second-order valence-electron chi connectivity index (χ2n) is 4.55. The highest BCUT2D eigenvalue weighted by atomic mass is 35.5. The van der Waals surface area contributed by atoms with Crippen molar-refractivity contribution in [2.24, 2.45) is 11.1 Å². The number of hydrogen-bond donors (Lipinski definition) is 2. The number of thioether (sulfide) groups is 1. The van der Waals surface area contributed by atoms with Gasteiger partial charge in [-0.2, -0.15) is 8.78 Å². The van der Waals surface area contributed by atoms with Gasteiger partial charge in [-0.3, -0.25) is 4.79 Å². The van der Waals surface area contributed by atoms with E-state index < -0.39 is 11.2 Å². The van der Waals surface area contributed by atoms with Crippen LogP contribution in [0.25, 0.3) is 0 Å². The molecule has 3 nitrogen and oxygen atoms in total. The summed E-state index contributed by atoms with van der Waals surface area (Å²) in [5.74, 6) is -2.64. The number of halogens is 3. The summed E-state index contributed by atoms with van der Waals surface area (Å²) in [6, 6.07) is 6.45. The molecule has 0 aliphatic rings. The summed E-state index contributed by atoms with van der Waals surface area (Å²) in [6.07, 6.45) is 1.27. The summed E-state index contributed by atoms with van der Waals surface area (Å²) in [4.78, 5) is 12.7. The van der Waals surface area contributed by atoms with E-state index in [9.17, 15) is 13.6 Å². The van der Waals surface area contributed by atoms with Crippen molar-refractivity contribution in [1.29, 1.82) is 0 Å². The molecule has 120 valence electrons. The SMILES string of the molecule is CCC(CC)(CN)C(=O)Nc1cccc(SC(F)F)c1.Cl. The summed E-state index contributed by atoms with van der Waals surface area (Å²) < 4.78 is 24.7. The highest BCUT2D eigenvalue weighted by Gasteiger charge is 2.33. The van der Waals surface area contributed by atoms with E-state index in [-0.39, 0.29) is 24.9 Å². The van der Waals surface area contributed by atoms with E-state index in [4.69, 9.17) is 5.73 Å². The summed E-state index contributed by atoms with van der Waals surface area (Å²) in [7, 11) is 0. The van der Waals surface area contributed by atoms with E-state index in [0.29, 0.717) is 35.2 Å². The molecule has 1 aromatic carbocycles. The summed E-state index contributed by atoms with van der Waals surface area (Å²) >= 11 is 0.455. The predicted molar refractivity (Wildman–Crippen MR) is 86.3 cm³/mol. The van der Waals surface area contributed by atoms with E-state index in [0.717, 1.165) is 0 Å². The van der Waals surface area contributed by atoms with Crippen LogP contribution in [0.2, 0.25) is 0 Å². The molecule has 0 bridgehead atoms. The van der Waals surface area contributed by atoms with Crippen molar-refractivity contribution >= 4 is 35.8 Å². The molecular formula is C14H21ClF2N2OS. The third kappa shape index (κ3) is 5.45. The van der Waals surface area contributed by atoms with Crippen LogP contribution >= 0.6 is 24.2 Å². The van der Waals surface area contributed by atoms with Crippen molar-refractivity contribution < 1.29 is 13.6 Å². The zero-order chi connectivity index (χ0) is 15.2. The van der Waals surface area contributed by atoms with Crippen LogP contribution in [0.3, 0.4) is 0 Å². The zero-order valence-electron chi connectivity index (χ0n) is 12.1. The highest BCUT2D eigenvalue weighted by molar-refractivity contribution is 7.99. The lowest BCUT2D eigenvalue weighted by atomic mass is 9.81. The third-order valence-corrected chi connectivity index (χ3v) is 4.25. The van der Waals surface area contributed by atoms with Crippen LogP contribution in [0.4, 0.5) is 14.5 Å². The molecule has 1 aromatic rings. The number of anilines is 1. The van der Waals surface area contributed by atoms with Gasteiger partial charge in [-0.15, -0.1) is 12.4 Å². The van der Waals surface area contributed by atoms with Crippen LogP contribution in [0, 0.1) is 5.41 Å². The van der Waals surface area contributed by atoms with Gasteiger partial charge in [0.25, 0.3) is 5.76 Å². The van der Waals surface area contributed by atoms with Crippen LogP contribution in [-0.2, 0) is 4.79 Å². The number of carbonyl (C=O) groups is 1. The van der Waals surface area contributed by atoms with Crippen molar-refractivity contribution in [3.8, 4) is 0 Å². The van der Waals surface area contributed by atoms with Gasteiger partial charge in [0.2, 0.25) is 5.91 Å². The molecule has 0 aromatic heterocycles. The molecule has 0 unspecified atom stereocenters. The maximum atomic E-state index is 12.3. The summed E-state index contributed by atoms with van der Waals surface area (Å²) in [6.45, 7) is 4.09. The first-order valence-corrected chi connectivity index (χ1v) is 7.41. The number of hydrogen-bond acceptors (Lipinski definition) is 3. The average molecular weight is 339 g/mol. The zero-order valence-corrected chi connectivity index (χ0v) is 13.7. The van der Waals surface area contributed by atoms with Gasteiger partial charge in [-0.25, -0.2) is 0 Å². The Morgan fingerprint density at radius 3 is 2.48 bits per heavy atom. The van der Waals surface area contributed by atoms with E-state index in [1.165, 1.54) is 0 Å². The number of carbonyl (C=O) groups excluding carboxylic acids is 1. The first-order valence-electron chi connectivity index (χ1n) is 6.53. The normalized spacial score (nSPS) is 11.1. The van der Waals surface area contributed by atoms with Gasteiger partial charge in [0, 0.05) is 17.1 Å². The molecule has 0 radical (unpaired) electrons. The van der Waals surface area contributed by atoms with Crippen LogP contribution in [0.1, 0.15) is 26.7 Å². The first kappa shape index (κ1) is 20.1. The molecule has 0 fully saturated rings. The first-order chi connectivity index (χ1) is 9.47. The molecule has 0 aliphatic heterocycles. The fourth-order valence-electron chi connectivity index (χ4n) is 1.97. The van der Waals surface area contributed by atoms with Crippen molar-refractivity contribution in [2.75, 3.05) is 11.9 Å². The number of rotatable bonds is 7. The molecular weight excluding hydrogens is 318 g/mol. The number of nitrogens with one attached hydrogen (secondary N) is 1. The van der Waals surface area contributed by atoms with Gasteiger partial charge in [-0.05, 0) is 31.0 Å². The highest BCUT2D eigenvalue weighted by Crippen LogP contribution is 2.30. The molecule has 3 N–H and O–H groups in total. The van der Waals surface area contributed by atoms with E-state index >= 15 is 0 Å². The van der Waals surface area contributed by atoms with Crippen LogP contribution in [0.5, 0.6) is 0 Å². The standard InChI is InChI=1S/C14H20F2N2OS.ClH/c1-3-14(4-2,9-17)12(19)18-10-6-5-7-11(8-10)20-13(15)16;/h5-8,13H,3-4,9,17H2,1-2H3,(H,18,19);1H. The van der Waals surface area contributed by atoms with Gasteiger partial charge < -0.3 is 11.1 Å². The molecule has 0 aliphatic carbocycles. The van der Waals surface area contributed by atoms with Gasteiger partial charge in [0.05, 0.1) is 5.41 Å². The van der Waals surface area contributed by atoms with E-state index in [2.05, 4.69) is 5.32 Å². The number of nitrogens with two attached hydrogens (primary N) is 1. The number of alkyl halides is 2. The molecule has 1 rings (SSSR count). The molecule has 0 saturated heterocycles. The largest absolute Gasteiger partial charge is 0.329 e. The minimum atomic E-state index is -2.48. The van der Waals surface area contributed by atoms with Gasteiger partial charge >= 0.3 is 0 Å². The second kappa shape index (κ2) is 9.23. The average Bonchev–Trinajstić information content (AvgIpc) is 2.41. The Labute approximate surface area is 134 Å². The van der Waals surface area contributed by atoms with Gasteiger partial charge in [0.15, 0.2) is 0 Å². The summed E-state index contributed by atoms with van der Waals surface area (Å²) in [5, 5.41) is 2.77. The maximum Gasteiger partial charge on any atom is 0.288 e. The van der Waals surface area contributed by atoms with Gasteiger partial charge in [0.1, 0.15) is 0 Å². The third-order valence-electron chi connectivity index (χ3n) is 3.54. The minimum absolute atomic E-state index is 0. The van der Waals surface area contributed by atoms with Crippen molar-refractivity contribution in [1.82, 2.24) is 0 Å². The number of benzene rings is 1. The predicted octanol–water partition coefficient (Wildman–Crippen LogP) is 4.13. The van der Waals surface area contributed by atoms with Gasteiger partial charge in [-0.1, -0.05) is 31.7 Å². The second-order valence-corrected chi connectivity index (χ2v) is 5.62. The Kier molecular flexibility index (Phi) is 8.85. The summed E-state index contributed by atoms with van der Waals surface area (Å²) in [5.41, 5.74) is 5.62. The van der Waals surface area contributed by atoms with Crippen molar-refractivity contribution in [3.63, 3.8) is 0 Å². The lowest BCUT2D eigenvalue weighted by Gasteiger charge is -2.28. The van der Waals surface area contributed by atoms with Crippen molar-refractivity contribution in [3.05, 3.63) is 24.3 Å². The molecule has 0 atom stereocenters. The molecule has 21 heavy (non-hydrogen) atoms. The topological polar surface area (TPSA) is 55.1 Å².